The molecule has 0 radical (unpaired) electrons. The number of aliphatic hydroxyl groups is 1. The monoisotopic (exact) mass is 661 g/mol. The summed E-state index contributed by atoms with van der Waals surface area (Å²) in [6, 6.07) is 32.3. The molecule has 0 saturated carbocycles. The highest BCUT2D eigenvalue weighted by atomic mass is 16.7. The number of aliphatic carboxylic acids is 1. The first-order chi connectivity index (χ1) is 24.0. The fourth-order valence-corrected chi connectivity index (χ4v) is 6.38. The van der Waals surface area contributed by atoms with E-state index in [0.717, 1.165) is 63.7 Å². The van der Waals surface area contributed by atoms with Crippen molar-refractivity contribution in [3.05, 3.63) is 126 Å². The van der Waals surface area contributed by atoms with Gasteiger partial charge in [-0.1, -0.05) is 97.8 Å². The fraction of sp³-hybridized carbons (Fsp3) is 0.325. The number of hydrogen-bond donors (Lipinski definition) is 3. The molecule has 6 rings (SSSR count). The highest BCUT2D eigenvalue weighted by molar-refractivity contribution is 5.77. The third-order valence-electron chi connectivity index (χ3n) is 9.07. The number of amides is 1. The van der Waals surface area contributed by atoms with E-state index in [1.807, 2.05) is 79.1 Å². The number of aromatic nitrogens is 2. The molecule has 9 heteroatoms. The molecule has 0 aliphatic carbocycles. The van der Waals surface area contributed by atoms with Gasteiger partial charge in [-0.05, 0) is 52.8 Å². The molecule has 2 heterocycles. The molecule has 0 spiro atoms. The van der Waals surface area contributed by atoms with Gasteiger partial charge in [0.05, 0.1) is 42.7 Å². The predicted molar refractivity (Wildman–Crippen MR) is 187 cm³/mol. The van der Waals surface area contributed by atoms with Crippen molar-refractivity contribution in [1.82, 2.24) is 14.9 Å². The minimum absolute atomic E-state index is 0.00576. The number of carbonyl (C=O) groups is 2. The SMILES string of the molecule is O=C(O)CCCCCCC(=O)NCc1ccccc1-c1ccc([C@H]2O[C@@H](Cn3cnc4ccccc43)C[C@@H](c3ccc(CO)cc3)O2)cc1. The summed E-state index contributed by atoms with van der Waals surface area (Å²) >= 11 is 0. The smallest absolute Gasteiger partial charge is 0.303 e. The molecule has 1 amide bonds. The summed E-state index contributed by atoms with van der Waals surface area (Å²) in [5.41, 5.74) is 7.91. The Hall–Kier alpha value is -4.83. The fourth-order valence-electron chi connectivity index (χ4n) is 6.38. The number of benzene rings is 4. The summed E-state index contributed by atoms with van der Waals surface area (Å²) in [5.74, 6) is -0.783. The minimum atomic E-state index is -0.777. The molecule has 3 atom stereocenters. The van der Waals surface area contributed by atoms with Gasteiger partial charge >= 0.3 is 5.97 Å². The van der Waals surface area contributed by atoms with Gasteiger partial charge in [0, 0.05) is 31.4 Å². The highest BCUT2D eigenvalue weighted by Crippen LogP contribution is 2.39. The van der Waals surface area contributed by atoms with Crippen LogP contribution in [-0.2, 0) is 38.8 Å². The summed E-state index contributed by atoms with van der Waals surface area (Å²) in [6.45, 7) is 1.05. The van der Waals surface area contributed by atoms with Crippen LogP contribution in [0.15, 0.2) is 103 Å². The molecule has 1 fully saturated rings. The maximum Gasteiger partial charge on any atom is 0.303 e. The Morgan fingerprint density at radius 2 is 1.53 bits per heavy atom. The van der Waals surface area contributed by atoms with Crippen LogP contribution in [0.1, 0.15) is 79.6 Å². The van der Waals surface area contributed by atoms with E-state index in [2.05, 4.69) is 39.1 Å². The molecule has 5 aromatic rings. The number of unbranched alkanes of at least 4 members (excludes halogenated alkanes) is 3. The topological polar surface area (TPSA) is 123 Å². The molecule has 9 nitrogen and oxygen atoms in total. The lowest BCUT2D eigenvalue weighted by Gasteiger charge is -2.36. The summed E-state index contributed by atoms with van der Waals surface area (Å²) in [4.78, 5) is 27.8. The first kappa shape index (κ1) is 34.0. The van der Waals surface area contributed by atoms with Crippen LogP contribution in [0.2, 0.25) is 0 Å². The van der Waals surface area contributed by atoms with Gasteiger partial charge in [0.2, 0.25) is 5.91 Å². The Balaban J connectivity index is 1.13. The summed E-state index contributed by atoms with van der Waals surface area (Å²) in [7, 11) is 0. The van der Waals surface area contributed by atoms with Crippen LogP contribution in [0.4, 0.5) is 0 Å². The molecule has 4 aromatic carbocycles. The van der Waals surface area contributed by atoms with E-state index in [-0.39, 0.29) is 31.1 Å². The second-order valence-electron chi connectivity index (χ2n) is 12.6. The minimum Gasteiger partial charge on any atom is -0.481 e. The van der Waals surface area contributed by atoms with E-state index >= 15 is 0 Å². The van der Waals surface area contributed by atoms with Gasteiger partial charge in [-0.25, -0.2) is 4.98 Å². The van der Waals surface area contributed by atoms with Crippen molar-refractivity contribution in [3.8, 4) is 11.1 Å². The lowest BCUT2D eigenvalue weighted by Crippen LogP contribution is -2.32. The highest BCUT2D eigenvalue weighted by Gasteiger charge is 2.32. The number of imidazole rings is 1. The average Bonchev–Trinajstić information content (AvgIpc) is 3.54. The van der Waals surface area contributed by atoms with E-state index in [0.29, 0.717) is 32.4 Å². The zero-order chi connectivity index (χ0) is 34.0. The zero-order valence-corrected chi connectivity index (χ0v) is 27.5. The molecular weight excluding hydrogens is 618 g/mol. The second-order valence-corrected chi connectivity index (χ2v) is 12.6. The number of nitrogens with one attached hydrogen (secondary N) is 1. The normalized spacial score (nSPS) is 17.6. The third kappa shape index (κ3) is 9.00. The van der Waals surface area contributed by atoms with Crippen molar-refractivity contribution in [2.75, 3.05) is 0 Å². The molecular formula is C40H43N3O6. The van der Waals surface area contributed by atoms with Crippen LogP contribution in [0.5, 0.6) is 0 Å². The van der Waals surface area contributed by atoms with Gasteiger partial charge in [-0.3, -0.25) is 9.59 Å². The van der Waals surface area contributed by atoms with Crippen molar-refractivity contribution in [3.63, 3.8) is 0 Å². The lowest BCUT2D eigenvalue weighted by atomic mass is 9.97. The van der Waals surface area contributed by atoms with Crippen molar-refractivity contribution in [2.24, 2.45) is 0 Å². The van der Waals surface area contributed by atoms with E-state index in [1.165, 1.54) is 0 Å². The third-order valence-corrected chi connectivity index (χ3v) is 9.07. The maximum atomic E-state index is 12.5. The van der Waals surface area contributed by atoms with Crippen LogP contribution < -0.4 is 5.32 Å². The van der Waals surface area contributed by atoms with Crippen molar-refractivity contribution < 1.29 is 29.3 Å². The van der Waals surface area contributed by atoms with Gasteiger partial charge in [-0.15, -0.1) is 0 Å². The average molecular weight is 662 g/mol. The van der Waals surface area contributed by atoms with Crippen molar-refractivity contribution >= 4 is 22.9 Å². The number of aliphatic hydroxyl groups excluding tert-OH is 1. The number of rotatable bonds is 15. The van der Waals surface area contributed by atoms with E-state index < -0.39 is 12.3 Å². The number of para-hydroxylation sites is 2. The van der Waals surface area contributed by atoms with Crippen LogP contribution in [0, 0.1) is 0 Å². The molecule has 1 aliphatic rings. The molecule has 254 valence electrons. The van der Waals surface area contributed by atoms with Gasteiger partial charge < -0.3 is 29.6 Å². The van der Waals surface area contributed by atoms with Crippen LogP contribution in [0.25, 0.3) is 22.2 Å². The molecule has 0 unspecified atom stereocenters. The molecule has 0 bridgehead atoms. The van der Waals surface area contributed by atoms with Crippen LogP contribution >= 0.6 is 0 Å². The number of hydrogen-bond acceptors (Lipinski definition) is 6. The molecule has 1 saturated heterocycles. The largest absolute Gasteiger partial charge is 0.481 e. The number of fused-ring (bicyclic) bond motifs is 1. The Kier molecular flexibility index (Phi) is 11.5. The Morgan fingerprint density at radius 3 is 2.31 bits per heavy atom. The van der Waals surface area contributed by atoms with E-state index in [9.17, 15) is 14.7 Å². The second kappa shape index (κ2) is 16.5. The van der Waals surface area contributed by atoms with Crippen molar-refractivity contribution in [2.45, 2.75) is 83.1 Å². The summed E-state index contributed by atoms with van der Waals surface area (Å²) in [5, 5.41) is 21.4. The van der Waals surface area contributed by atoms with E-state index in [4.69, 9.17) is 14.6 Å². The lowest BCUT2D eigenvalue weighted by molar-refractivity contribution is -0.252. The van der Waals surface area contributed by atoms with Gasteiger partial charge in [0.1, 0.15) is 0 Å². The summed E-state index contributed by atoms with van der Waals surface area (Å²) < 4.78 is 15.3. The van der Waals surface area contributed by atoms with Gasteiger partial charge in [0.25, 0.3) is 0 Å². The van der Waals surface area contributed by atoms with Crippen LogP contribution in [0.3, 0.4) is 0 Å². The number of carboxylic acid groups (broad SMARTS) is 1. The van der Waals surface area contributed by atoms with Crippen LogP contribution in [-0.4, -0.2) is 37.7 Å². The molecule has 49 heavy (non-hydrogen) atoms. The first-order valence-corrected chi connectivity index (χ1v) is 17.0. The number of nitrogens with zero attached hydrogens (tertiary/aromatic N) is 2. The zero-order valence-electron chi connectivity index (χ0n) is 27.5. The van der Waals surface area contributed by atoms with Crippen molar-refractivity contribution in [1.29, 1.82) is 0 Å². The number of carbonyl (C=O) groups excluding carboxylic acids is 1. The van der Waals surface area contributed by atoms with E-state index in [1.54, 1.807) is 0 Å². The first-order valence-electron chi connectivity index (χ1n) is 17.0. The number of carboxylic acids is 1. The maximum absolute atomic E-state index is 12.5. The Labute approximate surface area is 286 Å². The number of ether oxygens (including phenoxy) is 2. The Morgan fingerprint density at radius 1 is 0.816 bits per heavy atom. The predicted octanol–water partition coefficient (Wildman–Crippen LogP) is 7.48. The molecule has 1 aromatic heterocycles. The summed E-state index contributed by atoms with van der Waals surface area (Å²) in [6.07, 6.45) is 5.28. The Bertz CT molecular complexity index is 1840. The molecule has 3 N–H and O–H groups in total. The molecule has 1 aliphatic heterocycles. The van der Waals surface area contributed by atoms with Gasteiger partial charge in [-0.2, -0.15) is 0 Å². The van der Waals surface area contributed by atoms with Gasteiger partial charge in [0.15, 0.2) is 6.29 Å². The quantitative estimate of drug-likeness (QED) is 0.0994. The standard InChI is InChI=1S/C40H43N3O6/c44-26-28-15-17-30(18-16-28)37-23-33(25-43-27-42-35-11-7-8-12-36(35)43)48-40(49-37)31-21-19-29(20-22-31)34-10-6-5-9-32(34)24-41-38(45)13-3-1-2-4-14-39(46)47/h5-12,15-22,27,33,37,40,44H,1-4,13-14,23-26H2,(H,41,45)(H,46,47)/t33-,37+,40+/m1/s1.